The van der Waals surface area contributed by atoms with E-state index in [1.165, 1.54) is 31.0 Å². The molecule has 4 aliphatic carbocycles. The van der Waals surface area contributed by atoms with Gasteiger partial charge in [0.2, 0.25) is 11.6 Å². The highest BCUT2D eigenvalue weighted by molar-refractivity contribution is 7.22. The first kappa shape index (κ1) is 12.5. The van der Waals surface area contributed by atoms with Crippen LogP contribution < -0.4 is 0 Å². The predicted octanol–water partition coefficient (Wildman–Crippen LogP) is 3.12. The molecule has 0 spiro atoms. The summed E-state index contributed by atoms with van der Waals surface area (Å²) in [6.45, 7) is 0. The van der Waals surface area contributed by atoms with E-state index in [1.807, 2.05) is 0 Å². The highest BCUT2D eigenvalue weighted by Gasteiger charge is 2.49. The zero-order valence-electron chi connectivity index (χ0n) is 10.7. The van der Waals surface area contributed by atoms with Gasteiger partial charge in [-0.15, -0.1) is 9.24 Å². The van der Waals surface area contributed by atoms with Crippen molar-refractivity contribution in [2.24, 2.45) is 23.7 Å². The molecule has 0 aromatic carbocycles. The van der Waals surface area contributed by atoms with E-state index in [0.717, 1.165) is 19.3 Å². The van der Waals surface area contributed by atoms with Crippen LogP contribution in [-0.2, 0) is 9.59 Å². The molecule has 98 valence electrons. The SMILES string of the molecule is O=C1C(=O)C2CC(P)=CC1C1CCCCCCC21. The van der Waals surface area contributed by atoms with Crippen molar-refractivity contribution in [3.8, 4) is 0 Å². The average molecular weight is 264 g/mol. The number of hydrogen-bond donors (Lipinski definition) is 0. The minimum absolute atomic E-state index is 0.0110. The minimum Gasteiger partial charge on any atom is -0.291 e. The van der Waals surface area contributed by atoms with Crippen molar-refractivity contribution in [1.82, 2.24) is 0 Å². The van der Waals surface area contributed by atoms with Crippen LogP contribution >= 0.6 is 9.24 Å². The topological polar surface area (TPSA) is 34.1 Å². The van der Waals surface area contributed by atoms with Crippen molar-refractivity contribution < 1.29 is 9.59 Å². The molecule has 0 saturated heterocycles. The Morgan fingerprint density at radius 1 is 0.944 bits per heavy atom. The first-order valence-corrected chi connectivity index (χ1v) is 7.80. The van der Waals surface area contributed by atoms with E-state index in [-0.39, 0.29) is 23.4 Å². The molecule has 5 unspecified atom stereocenters. The quantitative estimate of drug-likeness (QED) is 0.497. The molecule has 0 aromatic heterocycles. The molecular formula is C15H21O2P. The summed E-state index contributed by atoms with van der Waals surface area (Å²) in [4.78, 5) is 24.4. The van der Waals surface area contributed by atoms with Gasteiger partial charge in [0.1, 0.15) is 0 Å². The standard InChI is InChI=1S/C15H21O2P/c16-14-12-7-9(18)8-13(15(14)17)11-6-4-2-1-3-5-10(11)12/h7,10-13H,1-6,8,18H2. The molecule has 0 radical (unpaired) electrons. The fourth-order valence-corrected chi connectivity index (χ4v) is 4.68. The van der Waals surface area contributed by atoms with E-state index in [4.69, 9.17) is 0 Å². The molecule has 2 fully saturated rings. The second-order valence-corrected chi connectivity index (χ2v) is 6.87. The van der Waals surface area contributed by atoms with Gasteiger partial charge >= 0.3 is 0 Å². The molecule has 18 heavy (non-hydrogen) atoms. The Kier molecular flexibility index (Phi) is 3.40. The van der Waals surface area contributed by atoms with Crippen molar-refractivity contribution in [2.45, 2.75) is 44.9 Å². The Hall–Kier alpha value is -0.490. The van der Waals surface area contributed by atoms with Gasteiger partial charge in [0.05, 0.1) is 0 Å². The zero-order chi connectivity index (χ0) is 12.7. The summed E-state index contributed by atoms with van der Waals surface area (Å²) in [6, 6.07) is 0. The molecule has 4 rings (SSSR count). The van der Waals surface area contributed by atoms with Gasteiger partial charge < -0.3 is 0 Å². The van der Waals surface area contributed by atoms with E-state index < -0.39 is 0 Å². The van der Waals surface area contributed by atoms with Crippen LogP contribution in [0.1, 0.15) is 44.9 Å². The van der Waals surface area contributed by atoms with Gasteiger partial charge in [0.25, 0.3) is 0 Å². The van der Waals surface area contributed by atoms with E-state index in [0.29, 0.717) is 11.8 Å². The lowest BCUT2D eigenvalue weighted by molar-refractivity contribution is -0.147. The maximum atomic E-state index is 12.2. The van der Waals surface area contributed by atoms with Crippen molar-refractivity contribution in [2.75, 3.05) is 0 Å². The number of Topliss-reactive ketones (excluding diaryl/α,β-unsaturated/α-hetero) is 2. The van der Waals surface area contributed by atoms with Crippen molar-refractivity contribution in [3.05, 3.63) is 11.4 Å². The van der Waals surface area contributed by atoms with Gasteiger partial charge in [-0.25, -0.2) is 0 Å². The third-order valence-electron chi connectivity index (χ3n) is 5.08. The number of hydrogen-bond acceptors (Lipinski definition) is 2. The fourth-order valence-electron chi connectivity index (χ4n) is 4.22. The summed E-state index contributed by atoms with van der Waals surface area (Å²) in [7, 11) is 2.74. The monoisotopic (exact) mass is 264 g/mol. The summed E-state index contributed by atoms with van der Waals surface area (Å²) < 4.78 is 0. The smallest absolute Gasteiger partial charge is 0.205 e. The molecule has 0 N–H and O–H groups in total. The maximum absolute atomic E-state index is 12.2. The summed E-state index contributed by atoms with van der Waals surface area (Å²) >= 11 is 0. The Balaban J connectivity index is 1.98. The summed E-state index contributed by atoms with van der Waals surface area (Å²) in [5.41, 5.74) is 0. The second kappa shape index (κ2) is 4.89. The fraction of sp³-hybridized carbons (Fsp3) is 0.733. The Morgan fingerprint density at radius 2 is 1.61 bits per heavy atom. The summed E-state index contributed by atoms with van der Waals surface area (Å²) in [5.74, 6) is 0.623. The van der Waals surface area contributed by atoms with Crippen LogP contribution in [-0.4, -0.2) is 11.6 Å². The Morgan fingerprint density at radius 3 is 2.33 bits per heavy atom. The van der Waals surface area contributed by atoms with E-state index in [9.17, 15) is 9.59 Å². The van der Waals surface area contributed by atoms with E-state index >= 15 is 0 Å². The molecule has 2 bridgehead atoms. The van der Waals surface area contributed by atoms with Crippen LogP contribution in [0.2, 0.25) is 0 Å². The molecule has 5 atom stereocenters. The van der Waals surface area contributed by atoms with Crippen LogP contribution in [0.4, 0.5) is 0 Å². The maximum Gasteiger partial charge on any atom is 0.205 e. The lowest BCUT2D eigenvalue weighted by atomic mass is 9.62. The summed E-state index contributed by atoms with van der Waals surface area (Å²) in [5, 5.41) is 1.18. The van der Waals surface area contributed by atoms with E-state index in [2.05, 4.69) is 15.3 Å². The number of fused-ring (bicyclic) bond motifs is 2. The molecule has 0 aliphatic heterocycles. The first-order chi connectivity index (χ1) is 8.68. The van der Waals surface area contributed by atoms with Gasteiger partial charge in [0.15, 0.2) is 0 Å². The van der Waals surface area contributed by atoms with Gasteiger partial charge in [0, 0.05) is 11.8 Å². The Bertz CT molecular complexity index is 413. The lowest BCUT2D eigenvalue weighted by Crippen LogP contribution is -2.45. The van der Waals surface area contributed by atoms with Crippen molar-refractivity contribution in [1.29, 1.82) is 0 Å². The molecule has 2 saturated carbocycles. The molecule has 0 aromatic rings. The third-order valence-corrected chi connectivity index (χ3v) is 5.51. The van der Waals surface area contributed by atoms with Crippen LogP contribution in [0.5, 0.6) is 0 Å². The average Bonchev–Trinajstić information content (AvgIpc) is 2.49. The van der Waals surface area contributed by atoms with Crippen LogP contribution in [0.3, 0.4) is 0 Å². The summed E-state index contributed by atoms with van der Waals surface area (Å²) in [6.07, 6.45) is 10.2. The van der Waals surface area contributed by atoms with Crippen molar-refractivity contribution in [3.63, 3.8) is 0 Å². The van der Waals surface area contributed by atoms with Gasteiger partial charge in [-0.2, -0.15) is 0 Å². The van der Waals surface area contributed by atoms with Gasteiger partial charge in [-0.1, -0.05) is 37.1 Å². The number of ketones is 2. The van der Waals surface area contributed by atoms with Crippen LogP contribution in [0, 0.1) is 23.7 Å². The van der Waals surface area contributed by atoms with Gasteiger partial charge in [-0.05, 0) is 31.1 Å². The van der Waals surface area contributed by atoms with Crippen LogP contribution in [0.25, 0.3) is 0 Å². The van der Waals surface area contributed by atoms with E-state index in [1.54, 1.807) is 0 Å². The predicted molar refractivity (Wildman–Crippen MR) is 74.1 cm³/mol. The number of allylic oxidation sites excluding steroid dienone is 2. The molecule has 3 heteroatoms. The van der Waals surface area contributed by atoms with Gasteiger partial charge in [-0.3, -0.25) is 9.59 Å². The molecule has 4 aliphatic rings. The highest BCUT2D eigenvalue weighted by Crippen LogP contribution is 2.48. The third kappa shape index (κ3) is 1.99. The minimum atomic E-state index is -0.105. The molecule has 0 amide bonds. The first-order valence-electron chi connectivity index (χ1n) is 7.22. The molecule has 0 heterocycles. The zero-order valence-corrected chi connectivity index (χ0v) is 11.9. The highest BCUT2D eigenvalue weighted by atomic mass is 31.0. The number of rotatable bonds is 0. The largest absolute Gasteiger partial charge is 0.291 e. The second-order valence-electron chi connectivity index (χ2n) is 6.13. The van der Waals surface area contributed by atoms with Crippen molar-refractivity contribution >= 4 is 20.8 Å². The van der Waals surface area contributed by atoms with Crippen LogP contribution in [0.15, 0.2) is 11.4 Å². The molecule has 2 nitrogen and oxygen atoms in total. The normalized spacial score (nSPS) is 40.6. The number of carbonyl (C=O) groups excluding carboxylic acids is 2. The lowest BCUT2D eigenvalue weighted by Gasteiger charge is -2.39. The number of carbonyl (C=O) groups is 2. The Labute approximate surface area is 111 Å². The molecular weight excluding hydrogens is 243 g/mol.